The highest BCUT2D eigenvalue weighted by Gasteiger charge is 2.42. The molecule has 0 bridgehead atoms. The van der Waals surface area contributed by atoms with Crippen LogP contribution in [0.15, 0.2) is 84.6 Å². The first kappa shape index (κ1) is 26.1. The fourth-order valence-corrected chi connectivity index (χ4v) is 6.15. The molecule has 2 aliphatic heterocycles. The van der Waals surface area contributed by atoms with E-state index in [-0.39, 0.29) is 16.6 Å². The lowest BCUT2D eigenvalue weighted by Crippen LogP contribution is -2.27. The van der Waals surface area contributed by atoms with Crippen molar-refractivity contribution in [3.8, 4) is 0 Å². The Morgan fingerprint density at radius 2 is 1.56 bits per heavy atom. The maximum atomic E-state index is 11.0. The van der Waals surface area contributed by atoms with Gasteiger partial charge in [0.1, 0.15) is 7.05 Å². The van der Waals surface area contributed by atoms with E-state index in [1.807, 2.05) is 6.07 Å². The highest BCUT2D eigenvalue weighted by Crippen LogP contribution is 2.47. The number of unbranched alkanes of at least 4 members (excludes halogenated alkanes) is 1. The number of fused-ring (bicyclic) bond motifs is 2. The summed E-state index contributed by atoms with van der Waals surface area (Å²) in [4.78, 5) is 2.26. The molecule has 0 N–H and O–H groups in total. The zero-order chi connectivity index (χ0) is 26.1. The van der Waals surface area contributed by atoms with Crippen molar-refractivity contribution in [2.24, 2.45) is 0 Å². The van der Waals surface area contributed by atoms with E-state index in [2.05, 4.69) is 117 Å². The molecule has 2 aromatic rings. The minimum absolute atomic E-state index is 0.0579. The Bertz CT molecular complexity index is 1380. The lowest BCUT2D eigenvalue weighted by molar-refractivity contribution is -0.401. The molecule has 0 aliphatic carbocycles. The molecular weight excluding hydrogens is 468 g/mol. The Hall–Kier alpha value is -2.96. The van der Waals surface area contributed by atoms with Gasteiger partial charge in [0.05, 0.1) is 15.5 Å². The number of anilines is 1. The van der Waals surface area contributed by atoms with Gasteiger partial charge in [-0.05, 0) is 44.4 Å². The van der Waals surface area contributed by atoms with Crippen molar-refractivity contribution in [1.82, 2.24) is 0 Å². The third-order valence-corrected chi connectivity index (χ3v) is 8.28. The van der Waals surface area contributed by atoms with Crippen LogP contribution in [0.5, 0.6) is 0 Å². The molecular formula is C30H36N2O3S. The Morgan fingerprint density at radius 3 is 2.25 bits per heavy atom. The lowest BCUT2D eigenvalue weighted by Gasteiger charge is -2.27. The van der Waals surface area contributed by atoms with Crippen LogP contribution in [0.4, 0.5) is 11.4 Å². The topological polar surface area (TPSA) is 63.5 Å². The summed E-state index contributed by atoms with van der Waals surface area (Å²) in [5.41, 5.74) is 7.16. The number of hydrogen-bond acceptors (Lipinski definition) is 4. The van der Waals surface area contributed by atoms with E-state index < -0.39 is 10.1 Å². The second-order valence-electron chi connectivity index (χ2n) is 10.6. The van der Waals surface area contributed by atoms with E-state index in [0.29, 0.717) is 19.4 Å². The van der Waals surface area contributed by atoms with Gasteiger partial charge < -0.3 is 9.45 Å². The minimum atomic E-state index is -4.18. The molecule has 0 amide bonds. The predicted molar refractivity (Wildman–Crippen MR) is 147 cm³/mol. The van der Waals surface area contributed by atoms with Gasteiger partial charge in [-0.3, -0.25) is 0 Å². The van der Waals surface area contributed by atoms with Crippen LogP contribution in [0.3, 0.4) is 0 Å². The summed E-state index contributed by atoms with van der Waals surface area (Å²) in [6, 6.07) is 16.9. The first-order chi connectivity index (χ1) is 16.9. The molecule has 5 nitrogen and oxygen atoms in total. The van der Waals surface area contributed by atoms with Crippen molar-refractivity contribution >= 4 is 27.2 Å². The standard InChI is InChI=1S/C30H36N2O3S/c1-29(2)23-15-9-11-17-25(23)31(5)27(29)19-7-6-8-20-28-30(3,4)24-16-10-12-18-26(24)32(28)21-13-14-22-36(33,34)35/h6-12,15-20H,13-14,21-22H2,1-5H3. The van der Waals surface area contributed by atoms with Crippen LogP contribution in [-0.2, 0) is 20.9 Å². The molecule has 190 valence electrons. The van der Waals surface area contributed by atoms with Crippen molar-refractivity contribution in [1.29, 1.82) is 0 Å². The summed E-state index contributed by atoms with van der Waals surface area (Å²) in [6.45, 7) is 9.61. The average Bonchev–Trinajstić information content (AvgIpc) is 3.15. The zero-order valence-electron chi connectivity index (χ0n) is 21.9. The van der Waals surface area contributed by atoms with Gasteiger partial charge in [0.2, 0.25) is 5.69 Å². The molecule has 6 heteroatoms. The van der Waals surface area contributed by atoms with Gasteiger partial charge in [0, 0.05) is 46.8 Å². The summed E-state index contributed by atoms with van der Waals surface area (Å²) in [6.07, 6.45) is 11.6. The maximum absolute atomic E-state index is 11.0. The molecule has 2 aliphatic rings. The number of nitrogens with zero attached hydrogens (tertiary/aromatic N) is 2. The van der Waals surface area contributed by atoms with Crippen LogP contribution in [0.1, 0.15) is 51.7 Å². The number of benzene rings is 2. The quantitative estimate of drug-likeness (QED) is 0.197. The van der Waals surface area contributed by atoms with E-state index in [4.69, 9.17) is 0 Å². The van der Waals surface area contributed by atoms with Crippen LogP contribution < -0.4 is 4.90 Å². The number of rotatable bonds is 8. The SMILES string of the molecule is C[N+]1=C(/C=C/C=C/C=C2\N(CCCCS(=O)(=O)[O-])c3ccccc3C2(C)C)C(C)(C)c2ccccc21. The third-order valence-electron chi connectivity index (χ3n) is 7.50. The normalized spacial score (nSPS) is 19.6. The number of para-hydroxylation sites is 2. The number of allylic oxidation sites excluding steroid dienone is 6. The first-order valence-electron chi connectivity index (χ1n) is 12.5. The monoisotopic (exact) mass is 504 g/mol. The Balaban J connectivity index is 1.54. The summed E-state index contributed by atoms with van der Waals surface area (Å²) < 4.78 is 35.3. The summed E-state index contributed by atoms with van der Waals surface area (Å²) in [5.74, 6) is -0.316. The van der Waals surface area contributed by atoms with Gasteiger partial charge in [-0.15, -0.1) is 0 Å². The molecule has 36 heavy (non-hydrogen) atoms. The summed E-state index contributed by atoms with van der Waals surface area (Å²) >= 11 is 0. The molecule has 0 saturated heterocycles. The molecule has 4 rings (SSSR count). The van der Waals surface area contributed by atoms with Crippen LogP contribution in [0.25, 0.3) is 0 Å². The van der Waals surface area contributed by atoms with Crippen molar-refractivity contribution < 1.29 is 17.5 Å². The summed E-state index contributed by atoms with van der Waals surface area (Å²) in [7, 11) is -2.06. The highest BCUT2D eigenvalue weighted by molar-refractivity contribution is 7.85. The second kappa shape index (κ2) is 9.83. The number of hydrogen-bond donors (Lipinski definition) is 0. The van der Waals surface area contributed by atoms with Gasteiger partial charge in [0.15, 0.2) is 5.71 Å². The van der Waals surface area contributed by atoms with E-state index in [9.17, 15) is 13.0 Å². The molecule has 0 aromatic heterocycles. The molecule has 2 heterocycles. The molecule has 0 atom stereocenters. The van der Waals surface area contributed by atoms with Gasteiger partial charge in [0.25, 0.3) is 0 Å². The van der Waals surface area contributed by atoms with E-state index in [1.54, 1.807) is 0 Å². The Morgan fingerprint density at radius 1 is 0.889 bits per heavy atom. The molecule has 0 saturated carbocycles. The second-order valence-corrected chi connectivity index (χ2v) is 12.2. The van der Waals surface area contributed by atoms with Gasteiger partial charge in [-0.1, -0.05) is 68.5 Å². The smallest absolute Gasteiger partial charge is 0.209 e. The van der Waals surface area contributed by atoms with E-state index >= 15 is 0 Å². The third kappa shape index (κ3) is 4.97. The van der Waals surface area contributed by atoms with Gasteiger partial charge in [-0.25, -0.2) is 8.42 Å². The molecule has 0 fully saturated rings. The van der Waals surface area contributed by atoms with Gasteiger partial charge in [-0.2, -0.15) is 4.58 Å². The maximum Gasteiger partial charge on any atom is 0.209 e. The average molecular weight is 505 g/mol. The van der Waals surface area contributed by atoms with Crippen molar-refractivity contribution in [2.45, 2.75) is 51.4 Å². The van der Waals surface area contributed by atoms with Crippen LogP contribution in [0.2, 0.25) is 0 Å². The van der Waals surface area contributed by atoms with Crippen LogP contribution in [0, 0.1) is 0 Å². The fourth-order valence-electron chi connectivity index (χ4n) is 5.59. The molecule has 0 unspecified atom stereocenters. The van der Waals surface area contributed by atoms with Crippen LogP contribution >= 0.6 is 0 Å². The van der Waals surface area contributed by atoms with Crippen LogP contribution in [-0.4, -0.2) is 42.6 Å². The van der Waals surface area contributed by atoms with Gasteiger partial charge >= 0.3 is 0 Å². The molecule has 2 aromatic carbocycles. The lowest BCUT2D eigenvalue weighted by atomic mass is 9.81. The molecule has 0 spiro atoms. The van der Waals surface area contributed by atoms with Crippen molar-refractivity contribution in [2.75, 3.05) is 24.2 Å². The van der Waals surface area contributed by atoms with E-state index in [1.165, 1.54) is 22.5 Å². The minimum Gasteiger partial charge on any atom is -0.748 e. The van der Waals surface area contributed by atoms with Crippen molar-refractivity contribution in [3.63, 3.8) is 0 Å². The first-order valence-corrected chi connectivity index (χ1v) is 14.1. The molecule has 0 radical (unpaired) electrons. The Labute approximate surface area is 215 Å². The van der Waals surface area contributed by atoms with E-state index in [0.717, 1.165) is 11.4 Å². The summed E-state index contributed by atoms with van der Waals surface area (Å²) in [5, 5.41) is 0. The predicted octanol–water partition coefficient (Wildman–Crippen LogP) is 5.81. The Kier molecular flexibility index (Phi) is 7.13. The van der Waals surface area contributed by atoms with Crippen molar-refractivity contribution in [3.05, 3.63) is 95.7 Å². The largest absolute Gasteiger partial charge is 0.748 e. The fraction of sp³-hybridized carbons (Fsp3) is 0.367. The highest BCUT2D eigenvalue weighted by atomic mass is 32.2. The zero-order valence-corrected chi connectivity index (χ0v) is 22.7.